The van der Waals surface area contributed by atoms with Crippen molar-refractivity contribution in [2.45, 2.75) is 24.6 Å². The number of hydrogen-bond acceptors (Lipinski definition) is 3. The largest absolute Gasteiger partial charge is 0.308 e. The Balaban J connectivity index is 2.20. The Bertz CT molecular complexity index is 310. The molecule has 1 aliphatic rings. The fourth-order valence-electron chi connectivity index (χ4n) is 1.78. The summed E-state index contributed by atoms with van der Waals surface area (Å²) in [6, 6.07) is 4.47. The van der Waals surface area contributed by atoms with Crippen molar-refractivity contribution in [2.75, 3.05) is 12.3 Å². The Morgan fingerprint density at radius 3 is 3.21 bits per heavy atom. The highest BCUT2D eigenvalue weighted by Gasteiger charge is 2.26. The molecule has 2 nitrogen and oxygen atoms in total. The van der Waals surface area contributed by atoms with Crippen molar-refractivity contribution in [3.8, 4) is 0 Å². The molecule has 0 saturated carbocycles. The van der Waals surface area contributed by atoms with Crippen molar-refractivity contribution in [3.63, 3.8) is 0 Å². The highest BCUT2D eigenvalue weighted by molar-refractivity contribution is 7.85. The van der Waals surface area contributed by atoms with E-state index in [0.717, 1.165) is 18.7 Å². The molecule has 1 aliphatic heterocycles. The Morgan fingerprint density at radius 2 is 2.50 bits per heavy atom. The number of rotatable bonds is 1. The first-order valence-corrected chi connectivity index (χ1v) is 7.19. The van der Waals surface area contributed by atoms with Gasteiger partial charge in [-0.2, -0.15) is 0 Å². The maximum Gasteiger partial charge on any atom is 0.0557 e. The molecule has 14 heavy (non-hydrogen) atoms. The van der Waals surface area contributed by atoms with Gasteiger partial charge in [-0.05, 0) is 31.3 Å². The first-order valence-electron chi connectivity index (χ1n) is 4.93. The van der Waals surface area contributed by atoms with E-state index in [9.17, 15) is 4.21 Å². The molecule has 2 rings (SSSR count). The van der Waals surface area contributed by atoms with Gasteiger partial charge < -0.3 is 5.32 Å². The van der Waals surface area contributed by atoms with Crippen molar-refractivity contribution in [1.82, 2.24) is 5.32 Å². The molecular weight excluding hydrogens is 214 g/mol. The minimum Gasteiger partial charge on any atom is -0.308 e. The summed E-state index contributed by atoms with van der Waals surface area (Å²) in [6.45, 7) is 3.07. The van der Waals surface area contributed by atoms with E-state index in [4.69, 9.17) is 0 Å². The summed E-state index contributed by atoms with van der Waals surface area (Å²) in [5.41, 5.74) is 0. The van der Waals surface area contributed by atoms with Gasteiger partial charge in [-0.1, -0.05) is 6.07 Å². The molecule has 0 radical (unpaired) electrons. The van der Waals surface area contributed by atoms with Crippen LogP contribution in [0.1, 0.15) is 24.3 Å². The molecule has 2 heterocycles. The van der Waals surface area contributed by atoms with Crippen molar-refractivity contribution < 1.29 is 4.21 Å². The monoisotopic (exact) mass is 229 g/mol. The molecule has 1 N–H and O–H groups in total. The van der Waals surface area contributed by atoms with E-state index in [-0.39, 0.29) is 5.25 Å². The Morgan fingerprint density at radius 1 is 1.64 bits per heavy atom. The Hall–Kier alpha value is -0.190. The predicted octanol–water partition coefficient (Wildman–Crippen LogP) is 1.92. The lowest BCUT2D eigenvalue weighted by molar-refractivity contribution is 0.542. The molecule has 3 unspecified atom stereocenters. The third kappa shape index (κ3) is 2.07. The molecule has 1 saturated heterocycles. The van der Waals surface area contributed by atoms with Gasteiger partial charge in [-0.3, -0.25) is 4.21 Å². The fourth-order valence-corrected chi connectivity index (χ4v) is 4.11. The zero-order valence-electron chi connectivity index (χ0n) is 8.23. The van der Waals surface area contributed by atoms with E-state index in [1.807, 2.05) is 0 Å². The van der Waals surface area contributed by atoms with Gasteiger partial charge in [0.2, 0.25) is 0 Å². The van der Waals surface area contributed by atoms with Gasteiger partial charge in [0.25, 0.3) is 0 Å². The molecule has 3 atom stereocenters. The standard InChI is InChI=1S/C10H15NOS2/c1-8-10(9-4-2-6-13-9)11-5-3-7-14(8)12/h2,4,6,8,10-11H,3,5,7H2,1H3. The molecule has 1 fully saturated rings. The van der Waals surface area contributed by atoms with Gasteiger partial charge in [0, 0.05) is 21.4 Å². The Kier molecular flexibility index (Phi) is 3.36. The number of nitrogens with one attached hydrogen (secondary N) is 1. The molecule has 0 bridgehead atoms. The highest BCUT2D eigenvalue weighted by Crippen LogP contribution is 2.26. The highest BCUT2D eigenvalue weighted by atomic mass is 32.2. The lowest BCUT2D eigenvalue weighted by Crippen LogP contribution is -2.29. The molecular formula is C10H15NOS2. The maximum atomic E-state index is 11.8. The molecule has 1 aromatic rings. The molecule has 78 valence electrons. The van der Waals surface area contributed by atoms with Gasteiger partial charge in [-0.25, -0.2) is 0 Å². The van der Waals surface area contributed by atoms with Crippen molar-refractivity contribution in [3.05, 3.63) is 22.4 Å². The van der Waals surface area contributed by atoms with Crippen molar-refractivity contribution in [2.24, 2.45) is 0 Å². The van der Waals surface area contributed by atoms with E-state index in [2.05, 4.69) is 29.8 Å². The number of thiophene rings is 1. The molecule has 4 heteroatoms. The zero-order valence-corrected chi connectivity index (χ0v) is 9.87. The van der Waals surface area contributed by atoms with Crippen molar-refractivity contribution >= 4 is 22.1 Å². The van der Waals surface area contributed by atoms with E-state index in [0.29, 0.717) is 6.04 Å². The summed E-state index contributed by atoms with van der Waals surface area (Å²) in [7, 11) is -0.673. The lowest BCUT2D eigenvalue weighted by Gasteiger charge is -2.20. The molecule has 0 spiro atoms. The second-order valence-corrected chi connectivity index (χ2v) is 6.48. The van der Waals surface area contributed by atoms with Crippen LogP contribution < -0.4 is 5.32 Å². The van der Waals surface area contributed by atoms with Crippen LogP contribution in [0, 0.1) is 0 Å². The van der Waals surface area contributed by atoms with Crippen LogP contribution in [0.3, 0.4) is 0 Å². The van der Waals surface area contributed by atoms with Gasteiger partial charge in [-0.15, -0.1) is 11.3 Å². The van der Waals surface area contributed by atoms with E-state index in [1.54, 1.807) is 11.3 Å². The van der Waals surface area contributed by atoms with Gasteiger partial charge in [0.15, 0.2) is 0 Å². The van der Waals surface area contributed by atoms with E-state index >= 15 is 0 Å². The summed E-state index contributed by atoms with van der Waals surface area (Å²) in [4.78, 5) is 1.31. The summed E-state index contributed by atoms with van der Waals surface area (Å²) in [5, 5.41) is 5.79. The van der Waals surface area contributed by atoms with Crippen LogP contribution in [-0.2, 0) is 10.8 Å². The fraction of sp³-hybridized carbons (Fsp3) is 0.600. The Labute approximate surface area is 91.2 Å². The third-order valence-corrected chi connectivity index (χ3v) is 5.37. The van der Waals surface area contributed by atoms with E-state index < -0.39 is 10.8 Å². The summed E-state index contributed by atoms with van der Waals surface area (Å²) >= 11 is 1.75. The average molecular weight is 229 g/mol. The first-order chi connectivity index (χ1) is 6.79. The lowest BCUT2D eigenvalue weighted by atomic mass is 10.2. The minimum absolute atomic E-state index is 0.233. The maximum absolute atomic E-state index is 11.8. The summed E-state index contributed by atoms with van der Waals surface area (Å²) < 4.78 is 11.8. The quantitative estimate of drug-likeness (QED) is 0.797. The number of hydrogen-bond donors (Lipinski definition) is 1. The zero-order chi connectivity index (χ0) is 9.97. The van der Waals surface area contributed by atoms with Crippen LogP contribution >= 0.6 is 11.3 Å². The smallest absolute Gasteiger partial charge is 0.0557 e. The molecule has 0 aromatic carbocycles. The van der Waals surface area contributed by atoms with Gasteiger partial charge in [0.1, 0.15) is 0 Å². The second-order valence-electron chi connectivity index (χ2n) is 3.59. The van der Waals surface area contributed by atoms with Gasteiger partial charge >= 0.3 is 0 Å². The first kappa shape index (κ1) is 10.3. The molecule has 0 aliphatic carbocycles. The summed E-state index contributed by atoms with van der Waals surface area (Å²) in [5.74, 6) is 0.843. The SMILES string of the molecule is CC1C(c2cccs2)NCCCS1=O. The molecule has 0 amide bonds. The summed E-state index contributed by atoms with van der Waals surface area (Å²) in [6.07, 6.45) is 1.03. The van der Waals surface area contributed by atoms with Crippen LogP contribution in [0.25, 0.3) is 0 Å². The van der Waals surface area contributed by atoms with Crippen LogP contribution in [0.4, 0.5) is 0 Å². The minimum atomic E-state index is -0.673. The van der Waals surface area contributed by atoms with Crippen LogP contribution in [0.2, 0.25) is 0 Å². The normalized spacial score (nSPS) is 33.9. The topological polar surface area (TPSA) is 29.1 Å². The average Bonchev–Trinajstić information content (AvgIpc) is 2.64. The molecule has 1 aromatic heterocycles. The van der Waals surface area contributed by atoms with Gasteiger partial charge in [0.05, 0.1) is 11.3 Å². The van der Waals surface area contributed by atoms with E-state index in [1.165, 1.54) is 4.88 Å². The van der Waals surface area contributed by atoms with Crippen molar-refractivity contribution in [1.29, 1.82) is 0 Å². The van der Waals surface area contributed by atoms with Crippen LogP contribution in [0.15, 0.2) is 17.5 Å². The predicted molar refractivity (Wildman–Crippen MR) is 62.2 cm³/mol. The second kappa shape index (κ2) is 4.55. The van der Waals surface area contributed by atoms with Crippen LogP contribution in [-0.4, -0.2) is 21.8 Å². The third-order valence-electron chi connectivity index (χ3n) is 2.62. The van der Waals surface area contributed by atoms with Crippen LogP contribution in [0.5, 0.6) is 0 Å².